The normalized spacial score (nSPS) is 12.1. The van der Waals surface area contributed by atoms with Gasteiger partial charge in [-0.15, -0.1) is 0 Å². The predicted molar refractivity (Wildman–Crippen MR) is 74.0 cm³/mol. The number of ether oxygens (including phenoxy) is 1. The SMILES string of the molecule is CCc1nn(C)c(COCCC(C)(C)C)c1Br. The molecule has 0 unspecified atom stereocenters. The Morgan fingerprint density at radius 3 is 2.47 bits per heavy atom. The third kappa shape index (κ3) is 4.43. The summed E-state index contributed by atoms with van der Waals surface area (Å²) >= 11 is 3.59. The van der Waals surface area contributed by atoms with Gasteiger partial charge in [-0.1, -0.05) is 27.7 Å². The Morgan fingerprint density at radius 1 is 1.35 bits per heavy atom. The molecular formula is C13H23BrN2O. The van der Waals surface area contributed by atoms with Gasteiger partial charge in [0, 0.05) is 13.7 Å². The molecule has 1 aromatic rings. The van der Waals surface area contributed by atoms with Crippen LogP contribution < -0.4 is 0 Å². The third-order valence-corrected chi connectivity index (χ3v) is 3.65. The largest absolute Gasteiger partial charge is 0.375 e. The topological polar surface area (TPSA) is 27.1 Å². The molecule has 1 heterocycles. The minimum atomic E-state index is 0.332. The van der Waals surface area contributed by atoms with Gasteiger partial charge >= 0.3 is 0 Å². The molecule has 3 nitrogen and oxygen atoms in total. The molecule has 0 aliphatic rings. The van der Waals surface area contributed by atoms with Crippen LogP contribution in [0.25, 0.3) is 0 Å². The van der Waals surface area contributed by atoms with Gasteiger partial charge in [0.2, 0.25) is 0 Å². The number of aryl methyl sites for hydroxylation is 2. The summed E-state index contributed by atoms with van der Waals surface area (Å²) in [6.45, 7) is 10.2. The zero-order valence-electron chi connectivity index (χ0n) is 11.5. The molecule has 0 spiro atoms. The van der Waals surface area contributed by atoms with Crippen LogP contribution in [0.15, 0.2) is 4.47 Å². The number of rotatable bonds is 5. The fourth-order valence-corrected chi connectivity index (χ4v) is 2.25. The highest BCUT2D eigenvalue weighted by molar-refractivity contribution is 9.10. The summed E-state index contributed by atoms with van der Waals surface area (Å²) in [5.74, 6) is 0. The second-order valence-corrected chi connectivity index (χ2v) is 6.34. The van der Waals surface area contributed by atoms with Crippen molar-refractivity contribution in [3.8, 4) is 0 Å². The highest BCUT2D eigenvalue weighted by Gasteiger charge is 2.13. The van der Waals surface area contributed by atoms with Crippen LogP contribution >= 0.6 is 15.9 Å². The number of hydrogen-bond acceptors (Lipinski definition) is 2. The monoisotopic (exact) mass is 302 g/mol. The first kappa shape index (κ1) is 14.7. The molecule has 0 aromatic carbocycles. The predicted octanol–water partition coefficient (Wildman–Crippen LogP) is 3.70. The van der Waals surface area contributed by atoms with E-state index >= 15 is 0 Å². The lowest BCUT2D eigenvalue weighted by Crippen LogP contribution is -2.10. The van der Waals surface area contributed by atoms with Gasteiger partial charge in [0.1, 0.15) is 0 Å². The van der Waals surface area contributed by atoms with Crippen LogP contribution in [0.2, 0.25) is 0 Å². The van der Waals surface area contributed by atoms with E-state index in [0.717, 1.165) is 35.3 Å². The Balaban J connectivity index is 2.50. The average molecular weight is 303 g/mol. The summed E-state index contributed by atoms with van der Waals surface area (Å²) in [6.07, 6.45) is 2.01. The quantitative estimate of drug-likeness (QED) is 0.776. The van der Waals surface area contributed by atoms with Crippen LogP contribution in [0.3, 0.4) is 0 Å². The molecule has 0 atom stereocenters. The summed E-state index contributed by atoms with van der Waals surface area (Å²) in [7, 11) is 1.96. The standard InChI is InChI=1S/C13H23BrN2O/c1-6-10-12(14)11(16(5)15-10)9-17-8-7-13(2,3)4/h6-9H2,1-5H3. The van der Waals surface area contributed by atoms with Crippen LogP contribution in [-0.2, 0) is 24.8 Å². The second-order valence-electron chi connectivity index (χ2n) is 5.55. The fourth-order valence-electron chi connectivity index (χ4n) is 1.52. The molecule has 98 valence electrons. The molecule has 0 radical (unpaired) electrons. The smallest absolute Gasteiger partial charge is 0.0896 e. The van der Waals surface area contributed by atoms with E-state index < -0.39 is 0 Å². The molecule has 1 rings (SSSR count). The Labute approximate surface area is 113 Å². The summed E-state index contributed by atoms with van der Waals surface area (Å²) in [4.78, 5) is 0. The van der Waals surface area contributed by atoms with Crippen LogP contribution in [0.5, 0.6) is 0 Å². The average Bonchev–Trinajstić information content (AvgIpc) is 2.48. The molecular weight excluding hydrogens is 280 g/mol. The number of hydrogen-bond donors (Lipinski definition) is 0. The Bertz CT molecular complexity index is 366. The van der Waals surface area contributed by atoms with Gasteiger partial charge in [-0.3, -0.25) is 4.68 Å². The zero-order valence-corrected chi connectivity index (χ0v) is 13.1. The molecule has 0 amide bonds. The summed E-state index contributed by atoms with van der Waals surface area (Å²) in [5.41, 5.74) is 2.55. The highest BCUT2D eigenvalue weighted by Crippen LogP contribution is 2.23. The van der Waals surface area contributed by atoms with Crippen molar-refractivity contribution in [3.63, 3.8) is 0 Å². The van der Waals surface area contributed by atoms with Gasteiger partial charge in [0.25, 0.3) is 0 Å². The minimum absolute atomic E-state index is 0.332. The summed E-state index contributed by atoms with van der Waals surface area (Å²) in [6, 6.07) is 0. The number of aromatic nitrogens is 2. The van der Waals surface area contributed by atoms with Crippen molar-refractivity contribution in [2.24, 2.45) is 12.5 Å². The van der Waals surface area contributed by atoms with E-state index in [1.165, 1.54) is 0 Å². The van der Waals surface area contributed by atoms with Crippen LogP contribution in [0.1, 0.15) is 45.5 Å². The zero-order chi connectivity index (χ0) is 13.1. The van der Waals surface area contributed by atoms with Crippen molar-refractivity contribution >= 4 is 15.9 Å². The number of nitrogens with zero attached hydrogens (tertiary/aromatic N) is 2. The lowest BCUT2D eigenvalue weighted by atomic mass is 9.93. The Kier molecular flexibility index (Phi) is 5.20. The minimum Gasteiger partial charge on any atom is -0.375 e. The lowest BCUT2D eigenvalue weighted by molar-refractivity contribution is 0.0917. The molecule has 0 fully saturated rings. The van der Waals surface area contributed by atoms with Crippen LogP contribution in [0, 0.1) is 5.41 Å². The van der Waals surface area contributed by atoms with E-state index in [0.29, 0.717) is 12.0 Å². The summed E-state index contributed by atoms with van der Waals surface area (Å²) < 4.78 is 8.72. The summed E-state index contributed by atoms with van der Waals surface area (Å²) in [5, 5.41) is 4.45. The highest BCUT2D eigenvalue weighted by atomic mass is 79.9. The van der Waals surface area contributed by atoms with Crippen molar-refractivity contribution in [2.75, 3.05) is 6.61 Å². The fraction of sp³-hybridized carbons (Fsp3) is 0.769. The molecule has 0 N–H and O–H groups in total. The maximum atomic E-state index is 5.72. The lowest BCUT2D eigenvalue weighted by Gasteiger charge is -2.17. The van der Waals surface area contributed by atoms with Crippen molar-refractivity contribution in [1.82, 2.24) is 9.78 Å². The van der Waals surface area contributed by atoms with Crippen molar-refractivity contribution < 1.29 is 4.74 Å². The van der Waals surface area contributed by atoms with Crippen molar-refractivity contribution in [2.45, 2.75) is 47.1 Å². The first-order valence-corrected chi connectivity index (χ1v) is 6.92. The molecule has 0 saturated heterocycles. The molecule has 0 aliphatic heterocycles. The van der Waals surface area contributed by atoms with E-state index in [1.807, 2.05) is 11.7 Å². The van der Waals surface area contributed by atoms with Gasteiger partial charge in [0.15, 0.2) is 0 Å². The van der Waals surface area contributed by atoms with Crippen LogP contribution in [-0.4, -0.2) is 16.4 Å². The first-order valence-electron chi connectivity index (χ1n) is 6.13. The van der Waals surface area contributed by atoms with E-state index in [-0.39, 0.29) is 0 Å². The molecule has 17 heavy (non-hydrogen) atoms. The maximum Gasteiger partial charge on any atom is 0.0896 e. The van der Waals surface area contributed by atoms with Gasteiger partial charge in [0.05, 0.1) is 22.5 Å². The maximum absolute atomic E-state index is 5.72. The van der Waals surface area contributed by atoms with E-state index in [9.17, 15) is 0 Å². The van der Waals surface area contributed by atoms with Gasteiger partial charge < -0.3 is 4.74 Å². The van der Waals surface area contributed by atoms with Gasteiger partial charge in [-0.2, -0.15) is 5.10 Å². The second kappa shape index (κ2) is 6.01. The molecule has 0 bridgehead atoms. The van der Waals surface area contributed by atoms with Crippen molar-refractivity contribution in [3.05, 3.63) is 15.9 Å². The van der Waals surface area contributed by atoms with Crippen LogP contribution in [0.4, 0.5) is 0 Å². The van der Waals surface area contributed by atoms with Crippen molar-refractivity contribution in [1.29, 1.82) is 0 Å². The van der Waals surface area contributed by atoms with E-state index in [2.05, 4.69) is 48.7 Å². The number of halogens is 1. The molecule has 1 aromatic heterocycles. The first-order chi connectivity index (χ1) is 7.85. The Hall–Kier alpha value is -0.350. The molecule has 0 aliphatic carbocycles. The molecule has 0 saturated carbocycles. The third-order valence-electron chi connectivity index (χ3n) is 2.74. The Morgan fingerprint density at radius 2 is 2.00 bits per heavy atom. The van der Waals surface area contributed by atoms with E-state index in [4.69, 9.17) is 4.74 Å². The van der Waals surface area contributed by atoms with E-state index in [1.54, 1.807) is 0 Å². The van der Waals surface area contributed by atoms with Gasteiger partial charge in [-0.25, -0.2) is 0 Å². The molecule has 4 heteroatoms. The van der Waals surface area contributed by atoms with Gasteiger partial charge in [-0.05, 0) is 34.2 Å².